The molecular weight excluding hydrogens is 344 g/mol. The molecule has 2 aromatic rings. The van der Waals surface area contributed by atoms with Crippen LogP contribution in [0.2, 0.25) is 0 Å². The summed E-state index contributed by atoms with van der Waals surface area (Å²) in [5, 5.41) is 0. The summed E-state index contributed by atoms with van der Waals surface area (Å²) in [7, 11) is -2.20. The van der Waals surface area contributed by atoms with Gasteiger partial charge in [-0.05, 0) is 46.6 Å². The molecule has 0 amide bonds. The minimum absolute atomic E-state index is 0.202. The van der Waals surface area contributed by atoms with E-state index in [0.29, 0.717) is 15.9 Å². The van der Waals surface area contributed by atoms with Crippen molar-refractivity contribution in [3.63, 3.8) is 0 Å². The number of aromatic nitrogens is 1. The third-order valence-electron chi connectivity index (χ3n) is 2.63. The number of nitrogens with one attached hydrogen (secondary N) is 1. The summed E-state index contributed by atoms with van der Waals surface area (Å²) in [4.78, 5) is 4.30. The molecule has 106 valence electrons. The molecule has 0 aliphatic heterocycles. The van der Waals surface area contributed by atoms with Crippen LogP contribution in [-0.2, 0) is 10.0 Å². The van der Waals surface area contributed by atoms with Crippen molar-refractivity contribution in [2.24, 2.45) is 0 Å². The zero-order valence-corrected chi connectivity index (χ0v) is 13.3. The van der Waals surface area contributed by atoms with E-state index in [1.165, 1.54) is 7.11 Å². The van der Waals surface area contributed by atoms with Gasteiger partial charge in [-0.1, -0.05) is 18.2 Å². The molecule has 0 unspecified atom stereocenters. The van der Waals surface area contributed by atoms with Gasteiger partial charge in [0, 0.05) is 0 Å². The first kappa shape index (κ1) is 14.8. The number of hydrogen-bond acceptors (Lipinski definition) is 4. The highest BCUT2D eigenvalue weighted by molar-refractivity contribution is 9.10. The number of hydrogen-bond donors (Lipinski definition) is 1. The molecule has 5 nitrogen and oxygen atoms in total. The van der Waals surface area contributed by atoms with Crippen molar-refractivity contribution in [3.05, 3.63) is 46.4 Å². The third kappa shape index (κ3) is 3.10. The fraction of sp³-hybridized carbons (Fsp3) is 0.154. The van der Waals surface area contributed by atoms with E-state index in [-0.39, 0.29) is 10.7 Å². The van der Waals surface area contributed by atoms with Crippen molar-refractivity contribution < 1.29 is 13.2 Å². The number of pyridine rings is 1. The molecule has 0 radical (unpaired) electrons. The second-order valence-corrected chi connectivity index (χ2v) is 6.56. The first-order valence-corrected chi connectivity index (χ1v) is 8.00. The summed E-state index contributed by atoms with van der Waals surface area (Å²) in [6, 6.07) is 9.98. The fourth-order valence-electron chi connectivity index (χ4n) is 1.67. The van der Waals surface area contributed by atoms with E-state index in [1.807, 2.05) is 0 Å². The Morgan fingerprint density at radius 3 is 2.55 bits per heavy atom. The number of methoxy groups -OCH3 is 1. The highest BCUT2D eigenvalue weighted by Gasteiger charge is 2.17. The molecule has 0 fully saturated rings. The Hall–Kier alpha value is -1.60. The lowest BCUT2D eigenvalue weighted by Gasteiger charge is -2.10. The number of halogens is 1. The van der Waals surface area contributed by atoms with E-state index in [1.54, 1.807) is 43.3 Å². The first-order valence-electron chi connectivity index (χ1n) is 5.73. The normalized spacial score (nSPS) is 11.2. The van der Waals surface area contributed by atoms with Crippen LogP contribution in [0.15, 0.2) is 45.8 Å². The Labute approximate surface area is 126 Å². The van der Waals surface area contributed by atoms with Crippen LogP contribution >= 0.6 is 15.9 Å². The summed E-state index contributed by atoms with van der Waals surface area (Å²) < 4.78 is 32.7. The minimum atomic E-state index is -3.67. The average molecular weight is 357 g/mol. The smallest absolute Gasteiger partial charge is 0.263 e. The Morgan fingerprint density at radius 1 is 1.20 bits per heavy atom. The van der Waals surface area contributed by atoms with Crippen molar-refractivity contribution in [1.29, 1.82) is 0 Å². The lowest BCUT2D eigenvalue weighted by atomic mass is 10.2. The van der Waals surface area contributed by atoms with Gasteiger partial charge in [-0.15, -0.1) is 0 Å². The molecule has 1 aromatic carbocycles. The van der Waals surface area contributed by atoms with Gasteiger partial charge >= 0.3 is 0 Å². The van der Waals surface area contributed by atoms with Gasteiger partial charge < -0.3 is 4.74 Å². The molecule has 0 spiro atoms. The van der Waals surface area contributed by atoms with E-state index in [0.717, 1.165) is 0 Å². The number of sulfonamides is 1. The number of nitrogens with zero attached hydrogens (tertiary/aromatic N) is 1. The number of benzene rings is 1. The van der Waals surface area contributed by atoms with E-state index < -0.39 is 10.0 Å². The Balaban J connectivity index is 2.36. The van der Waals surface area contributed by atoms with Gasteiger partial charge in [-0.2, -0.15) is 4.98 Å². The van der Waals surface area contributed by atoms with Gasteiger partial charge in [-0.3, -0.25) is 4.72 Å². The lowest BCUT2D eigenvalue weighted by Crippen LogP contribution is -2.15. The fourth-order valence-corrected chi connectivity index (χ4v) is 3.31. The predicted molar refractivity (Wildman–Crippen MR) is 80.5 cm³/mol. The van der Waals surface area contributed by atoms with Crippen LogP contribution in [0, 0.1) is 6.92 Å². The number of anilines is 1. The van der Waals surface area contributed by atoms with Crippen LogP contribution in [-0.4, -0.2) is 20.5 Å². The van der Waals surface area contributed by atoms with Crippen molar-refractivity contribution in [3.8, 4) is 5.88 Å². The molecule has 20 heavy (non-hydrogen) atoms. The third-order valence-corrected chi connectivity index (χ3v) is 4.75. The molecule has 0 bridgehead atoms. The highest BCUT2D eigenvalue weighted by Crippen LogP contribution is 2.25. The topological polar surface area (TPSA) is 68.3 Å². The molecular formula is C13H13BrN2O3S. The van der Waals surface area contributed by atoms with Gasteiger partial charge in [0.15, 0.2) is 0 Å². The molecule has 0 atom stereocenters. The number of rotatable bonds is 4. The molecule has 0 aliphatic carbocycles. The Morgan fingerprint density at radius 2 is 1.90 bits per heavy atom. The maximum Gasteiger partial charge on any atom is 0.263 e. The Kier molecular flexibility index (Phi) is 4.29. The number of ether oxygens (including phenoxy) is 1. The maximum absolute atomic E-state index is 12.3. The monoisotopic (exact) mass is 356 g/mol. The largest absolute Gasteiger partial charge is 0.480 e. The van der Waals surface area contributed by atoms with Gasteiger partial charge in [0.1, 0.15) is 5.82 Å². The van der Waals surface area contributed by atoms with Crippen LogP contribution in [0.25, 0.3) is 0 Å². The van der Waals surface area contributed by atoms with Crippen LogP contribution in [0.3, 0.4) is 0 Å². The van der Waals surface area contributed by atoms with E-state index in [2.05, 4.69) is 25.6 Å². The second-order valence-electron chi connectivity index (χ2n) is 4.06. The Bertz CT molecular complexity index is 732. The zero-order chi connectivity index (χ0) is 14.8. The van der Waals surface area contributed by atoms with E-state index >= 15 is 0 Å². The summed E-state index contributed by atoms with van der Waals surface area (Å²) in [5.41, 5.74) is 0.670. The highest BCUT2D eigenvalue weighted by atomic mass is 79.9. The van der Waals surface area contributed by atoms with Gasteiger partial charge in [0.2, 0.25) is 5.88 Å². The van der Waals surface area contributed by atoms with E-state index in [9.17, 15) is 8.42 Å². The van der Waals surface area contributed by atoms with Gasteiger partial charge in [0.05, 0.1) is 16.5 Å². The van der Waals surface area contributed by atoms with Crippen molar-refractivity contribution in [1.82, 2.24) is 4.98 Å². The average Bonchev–Trinajstić information content (AvgIpc) is 2.41. The molecule has 0 aliphatic rings. The van der Waals surface area contributed by atoms with Crippen LogP contribution in [0.1, 0.15) is 5.56 Å². The molecule has 1 N–H and O–H groups in total. The lowest BCUT2D eigenvalue weighted by molar-refractivity contribution is 0.396. The molecule has 0 saturated heterocycles. The first-order chi connectivity index (χ1) is 9.44. The summed E-state index contributed by atoms with van der Waals surface area (Å²) in [5.74, 6) is 0.517. The summed E-state index contributed by atoms with van der Waals surface area (Å²) >= 11 is 3.26. The number of aryl methyl sites for hydroxylation is 1. The maximum atomic E-state index is 12.3. The molecule has 1 aromatic heterocycles. The molecule has 2 rings (SSSR count). The summed E-state index contributed by atoms with van der Waals surface area (Å²) in [6.45, 7) is 1.74. The quantitative estimate of drug-likeness (QED) is 0.914. The minimum Gasteiger partial charge on any atom is -0.480 e. The van der Waals surface area contributed by atoms with Crippen LogP contribution < -0.4 is 9.46 Å². The predicted octanol–water partition coefficient (Wildman–Crippen LogP) is 2.96. The molecule has 1 heterocycles. The molecule has 0 saturated carbocycles. The second kappa shape index (κ2) is 5.80. The van der Waals surface area contributed by atoms with Crippen molar-refractivity contribution in [2.75, 3.05) is 11.8 Å². The van der Waals surface area contributed by atoms with Crippen LogP contribution in [0.4, 0.5) is 5.82 Å². The van der Waals surface area contributed by atoms with Gasteiger partial charge in [-0.25, -0.2) is 8.42 Å². The SMILES string of the molecule is COc1nc(NS(=O)(=O)c2ccccc2C)ccc1Br. The molecule has 7 heteroatoms. The standard InChI is InChI=1S/C13H13BrN2O3S/c1-9-5-3-4-6-11(9)20(17,18)16-12-8-7-10(14)13(15-12)19-2/h3-8H,1-2H3,(H,15,16). The van der Waals surface area contributed by atoms with Crippen molar-refractivity contribution in [2.45, 2.75) is 11.8 Å². The van der Waals surface area contributed by atoms with Gasteiger partial charge in [0.25, 0.3) is 10.0 Å². The zero-order valence-electron chi connectivity index (χ0n) is 10.9. The van der Waals surface area contributed by atoms with Crippen molar-refractivity contribution >= 4 is 31.8 Å². The van der Waals surface area contributed by atoms with Crippen LogP contribution in [0.5, 0.6) is 5.88 Å². The van der Waals surface area contributed by atoms with E-state index in [4.69, 9.17) is 4.74 Å². The summed E-state index contributed by atoms with van der Waals surface area (Å²) in [6.07, 6.45) is 0.